The lowest BCUT2D eigenvalue weighted by atomic mass is 10.1. The van der Waals surface area contributed by atoms with Crippen molar-refractivity contribution in [2.45, 2.75) is 25.9 Å². The number of aliphatic imine (C=N–C) groups is 1. The predicted octanol–water partition coefficient (Wildman–Crippen LogP) is 2.75. The fourth-order valence-corrected chi connectivity index (χ4v) is 1.79. The number of methoxy groups -OCH3 is 1. The van der Waals surface area contributed by atoms with Crippen molar-refractivity contribution in [1.82, 2.24) is 10.6 Å². The monoisotopic (exact) mass is 317 g/mol. The zero-order valence-electron chi connectivity index (χ0n) is 12.8. The summed E-state index contributed by atoms with van der Waals surface area (Å²) in [5.41, 5.74) is 1.08. The number of alkyl halides is 3. The van der Waals surface area contributed by atoms with Crippen LogP contribution in [0.4, 0.5) is 13.2 Å². The van der Waals surface area contributed by atoms with E-state index in [1.807, 2.05) is 31.2 Å². The molecule has 0 saturated carbocycles. The van der Waals surface area contributed by atoms with Crippen LogP contribution in [0.2, 0.25) is 0 Å². The van der Waals surface area contributed by atoms with Gasteiger partial charge in [-0.1, -0.05) is 12.1 Å². The molecule has 7 heteroatoms. The highest BCUT2D eigenvalue weighted by molar-refractivity contribution is 5.79. The number of guanidine groups is 1. The molecular formula is C15H22F3N3O. The average Bonchev–Trinajstić information content (AvgIpc) is 2.46. The van der Waals surface area contributed by atoms with Crippen LogP contribution in [-0.4, -0.2) is 38.9 Å². The zero-order chi connectivity index (χ0) is 16.4. The standard InChI is InChI=1S/C15H22F3N3O/c1-3-19-14(21-10-8-15(16,17)18)20-9-7-12-5-4-6-13(11-12)22-2/h4-6,11H,3,7-10H2,1-2H3,(H2,19,20,21). The molecule has 0 bridgehead atoms. The number of hydrogen-bond donors (Lipinski definition) is 2. The van der Waals surface area contributed by atoms with E-state index in [9.17, 15) is 13.2 Å². The second-order valence-electron chi connectivity index (χ2n) is 4.65. The molecule has 0 aliphatic heterocycles. The van der Waals surface area contributed by atoms with Crippen LogP contribution >= 0.6 is 0 Å². The Bertz CT molecular complexity index is 475. The molecule has 0 saturated heterocycles. The molecule has 0 heterocycles. The van der Waals surface area contributed by atoms with Crippen molar-refractivity contribution in [3.63, 3.8) is 0 Å². The molecule has 0 atom stereocenters. The molecule has 0 radical (unpaired) electrons. The van der Waals surface area contributed by atoms with E-state index in [0.717, 1.165) is 17.7 Å². The highest BCUT2D eigenvalue weighted by atomic mass is 19.4. The third-order valence-corrected chi connectivity index (χ3v) is 2.85. The number of rotatable bonds is 7. The van der Waals surface area contributed by atoms with Crippen LogP contribution in [0.5, 0.6) is 5.75 Å². The van der Waals surface area contributed by atoms with Crippen LogP contribution in [0, 0.1) is 0 Å². The van der Waals surface area contributed by atoms with E-state index in [1.54, 1.807) is 7.11 Å². The molecule has 22 heavy (non-hydrogen) atoms. The van der Waals surface area contributed by atoms with Crippen molar-refractivity contribution in [2.24, 2.45) is 4.99 Å². The van der Waals surface area contributed by atoms with E-state index < -0.39 is 12.6 Å². The van der Waals surface area contributed by atoms with Gasteiger partial charge in [0, 0.05) is 13.1 Å². The first-order valence-corrected chi connectivity index (χ1v) is 7.16. The molecular weight excluding hydrogens is 295 g/mol. The van der Waals surface area contributed by atoms with E-state index in [4.69, 9.17) is 4.74 Å². The summed E-state index contributed by atoms with van der Waals surface area (Å²) in [6, 6.07) is 7.66. The molecule has 0 fully saturated rings. The summed E-state index contributed by atoms with van der Waals surface area (Å²) in [5.74, 6) is 1.18. The molecule has 0 aliphatic rings. The van der Waals surface area contributed by atoms with Gasteiger partial charge >= 0.3 is 6.18 Å². The fraction of sp³-hybridized carbons (Fsp3) is 0.533. The van der Waals surface area contributed by atoms with Crippen molar-refractivity contribution in [3.05, 3.63) is 29.8 Å². The quantitative estimate of drug-likeness (QED) is 0.600. The highest BCUT2D eigenvalue weighted by Crippen LogP contribution is 2.18. The molecule has 4 nitrogen and oxygen atoms in total. The lowest BCUT2D eigenvalue weighted by Crippen LogP contribution is -2.38. The van der Waals surface area contributed by atoms with Gasteiger partial charge in [-0.2, -0.15) is 13.2 Å². The first-order chi connectivity index (χ1) is 10.4. The molecule has 1 aromatic rings. The normalized spacial score (nSPS) is 12.1. The van der Waals surface area contributed by atoms with Crippen LogP contribution in [0.15, 0.2) is 29.3 Å². The summed E-state index contributed by atoms with van der Waals surface area (Å²) in [6.45, 7) is 2.75. The Labute approximate surface area is 128 Å². The minimum Gasteiger partial charge on any atom is -0.497 e. The molecule has 0 amide bonds. The summed E-state index contributed by atoms with van der Waals surface area (Å²) >= 11 is 0. The number of hydrogen-bond acceptors (Lipinski definition) is 2. The maximum atomic E-state index is 12.1. The Morgan fingerprint density at radius 1 is 1.27 bits per heavy atom. The molecule has 0 aromatic heterocycles. The Morgan fingerprint density at radius 3 is 2.68 bits per heavy atom. The maximum Gasteiger partial charge on any atom is 0.390 e. The van der Waals surface area contributed by atoms with Crippen LogP contribution in [-0.2, 0) is 6.42 Å². The Kier molecular flexibility index (Phi) is 7.56. The van der Waals surface area contributed by atoms with Gasteiger partial charge in [0.25, 0.3) is 0 Å². The van der Waals surface area contributed by atoms with Crippen LogP contribution in [0.25, 0.3) is 0 Å². The summed E-state index contributed by atoms with van der Waals surface area (Å²) < 4.78 is 41.5. The van der Waals surface area contributed by atoms with E-state index in [1.165, 1.54) is 0 Å². The molecule has 0 spiro atoms. The first kappa shape index (κ1) is 18.1. The number of halogens is 3. The molecule has 2 N–H and O–H groups in total. The number of ether oxygens (including phenoxy) is 1. The summed E-state index contributed by atoms with van der Waals surface area (Å²) in [5, 5.41) is 5.95. The Balaban J connectivity index is 2.44. The van der Waals surface area contributed by atoms with Crippen molar-refractivity contribution < 1.29 is 17.9 Å². The van der Waals surface area contributed by atoms with Gasteiger partial charge in [0.05, 0.1) is 20.1 Å². The third-order valence-electron chi connectivity index (χ3n) is 2.85. The average molecular weight is 317 g/mol. The van der Waals surface area contributed by atoms with Crippen LogP contribution in [0.3, 0.4) is 0 Å². The van der Waals surface area contributed by atoms with Crippen molar-refractivity contribution in [1.29, 1.82) is 0 Å². The van der Waals surface area contributed by atoms with Gasteiger partial charge in [0.15, 0.2) is 5.96 Å². The minimum atomic E-state index is -4.18. The van der Waals surface area contributed by atoms with Gasteiger partial charge in [0.2, 0.25) is 0 Å². The fourth-order valence-electron chi connectivity index (χ4n) is 1.79. The summed E-state index contributed by atoms with van der Waals surface area (Å²) in [4.78, 5) is 3.91. The Morgan fingerprint density at radius 2 is 2.05 bits per heavy atom. The Hall–Kier alpha value is -1.92. The summed E-state index contributed by atoms with van der Waals surface area (Å²) in [6.07, 6.45) is -4.37. The molecule has 1 aromatic carbocycles. The topological polar surface area (TPSA) is 45.7 Å². The first-order valence-electron chi connectivity index (χ1n) is 7.16. The van der Waals surface area contributed by atoms with E-state index in [-0.39, 0.29) is 6.54 Å². The van der Waals surface area contributed by atoms with Gasteiger partial charge in [0.1, 0.15) is 5.75 Å². The minimum absolute atomic E-state index is 0.280. The number of benzene rings is 1. The van der Waals surface area contributed by atoms with Gasteiger partial charge in [-0.25, -0.2) is 0 Å². The summed E-state index contributed by atoms with van der Waals surface area (Å²) in [7, 11) is 1.61. The van der Waals surface area contributed by atoms with Crippen molar-refractivity contribution in [2.75, 3.05) is 26.7 Å². The molecule has 0 unspecified atom stereocenters. The SMILES string of the molecule is CCNC(=NCCC(F)(F)F)NCCc1cccc(OC)c1. The number of nitrogens with one attached hydrogen (secondary N) is 2. The lowest BCUT2D eigenvalue weighted by molar-refractivity contribution is -0.132. The van der Waals surface area contributed by atoms with Crippen molar-refractivity contribution in [3.8, 4) is 5.75 Å². The van der Waals surface area contributed by atoms with E-state index >= 15 is 0 Å². The molecule has 1 rings (SSSR count). The van der Waals surface area contributed by atoms with Gasteiger partial charge in [-0.3, -0.25) is 4.99 Å². The van der Waals surface area contributed by atoms with Gasteiger partial charge in [-0.15, -0.1) is 0 Å². The molecule has 0 aliphatic carbocycles. The highest BCUT2D eigenvalue weighted by Gasteiger charge is 2.26. The predicted molar refractivity (Wildman–Crippen MR) is 81.4 cm³/mol. The third kappa shape index (κ3) is 7.75. The maximum absolute atomic E-state index is 12.1. The largest absolute Gasteiger partial charge is 0.497 e. The van der Waals surface area contributed by atoms with Crippen LogP contribution in [0.1, 0.15) is 18.9 Å². The molecule has 124 valence electrons. The number of nitrogens with zero attached hydrogens (tertiary/aromatic N) is 1. The van der Waals surface area contributed by atoms with Gasteiger partial charge in [-0.05, 0) is 31.0 Å². The van der Waals surface area contributed by atoms with Gasteiger partial charge < -0.3 is 15.4 Å². The smallest absolute Gasteiger partial charge is 0.390 e. The van der Waals surface area contributed by atoms with E-state index in [2.05, 4.69) is 15.6 Å². The van der Waals surface area contributed by atoms with Crippen LogP contribution < -0.4 is 15.4 Å². The second-order valence-corrected chi connectivity index (χ2v) is 4.65. The van der Waals surface area contributed by atoms with E-state index in [0.29, 0.717) is 19.0 Å². The second kappa shape index (κ2) is 9.17. The zero-order valence-corrected chi connectivity index (χ0v) is 12.8. The lowest BCUT2D eigenvalue weighted by Gasteiger charge is -2.12. The van der Waals surface area contributed by atoms with Crippen molar-refractivity contribution >= 4 is 5.96 Å².